The highest BCUT2D eigenvalue weighted by molar-refractivity contribution is 6.41. The third kappa shape index (κ3) is 4.19. The molecule has 2 N–H and O–H groups in total. The first-order valence-electron chi connectivity index (χ1n) is 6.93. The van der Waals surface area contributed by atoms with Crippen molar-refractivity contribution in [3.05, 3.63) is 63.9 Å². The predicted octanol–water partition coefficient (Wildman–Crippen LogP) is 2.00. The van der Waals surface area contributed by atoms with Crippen molar-refractivity contribution in [2.24, 2.45) is 0 Å². The second-order valence-corrected chi connectivity index (χ2v) is 6.01. The fraction of sp³-hybridized carbons (Fsp3) is 0.250. The zero-order valence-electron chi connectivity index (χ0n) is 12.4. The van der Waals surface area contributed by atoms with Crippen molar-refractivity contribution in [2.75, 3.05) is 20.6 Å². The summed E-state index contributed by atoms with van der Waals surface area (Å²) in [7, 11) is 4.12. The highest BCUT2D eigenvalue weighted by atomic mass is 35.5. The summed E-state index contributed by atoms with van der Waals surface area (Å²) in [5.74, 6) is -0.215. The molecule has 6 heteroatoms. The summed E-state index contributed by atoms with van der Waals surface area (Å²) in [5.41, 5.74) is 1.57. The largest absolute Gasteiger partial charge is 0.346 e. The molecule has 116 valence electrons. The lowest BCUT2D eigenvalue weighted by molar-refractivity contribution is -0.890. The number of likely N-dealkylation sites (N-methyl/N-ethyl adjacent to an activating group) is 1. The van der Waals surface area contributed by atoms with Gasteiger partial charge in [0.2, 0.25) is 0 Å². The molecule has 0 radical (unpaired) electrons. The van der Waals surface area contributed by atoms with E-state index in [2.05, 4.69) is 36.5 Å². The Morgan fingerprint density at radius 3 is 2.55 bits per heavy atom. The monoisotopic (exact) mass is 338 g/mol. The van der Waals surface area contributed by atoms with Crippen LogP contribution < -0.4 is 10.2 Å². The molecule has 22 heavy (non-hydrogen) atoms. The van der Waals surface area contributed by atoms with Gasteiger partial charge in [-0.2, -0.15) is 0 Å². The molecular formula is C16H18Cl2N3O+. The molecule has 4 nitrogen and oxygen atoms in total. The number of pyridine rings is 1. The average Bonchev–Trinajstić information content (AvgIpc) is 2.50. The molecule has 0 spiro atoms. The fourth-order valence-corrected chi connectivity index (χ4v) is 2.45. The van der Waals surface area contributed by atoms with Crippen molar-refractivity contribution in [1.29, 1.82) is 0 Å². The lowest BCUT2D eigenvalue weighted by Gasteiger charge is -2.22. The summed E-state index contributed by atoms with van der Waals surface area (Å²) in [5, 5.41) is 3.39. The third-order valence-electron chi connectivity index (χ3n) is 3.42. The third-order valence-corrected chi connectivity index (χ3v) is 4.11. The van der Waals surface area contributed by atoms with E-state index in [4.69, 9.17) is 23.2 Å². The molecule has 1 aromatic heterocycles. The van der Waals surface area contributed by atoms with Crippen LogP contribution in [0.25, 0.3) is 0 Å². The highest BCUT2D eigenvalue weighted by Crippen LogP contribution is 2.19. The van der Waals surface area contributed by atoms with Crippen LogP contribution in [0.4, 0.5) is 0 Å². The Bertz CT molecular complexity index is 647. The number of carbonyl (C=O) groups excluding carboxylic acids is 1. The number of nitrogens with one attached hydrogen (secondary N) is 2. The summed E-state index contributed by atoms with van der Waals surface area (Å²) in [6, 6.07) is 11.8. The molecule has 0 aliphatic carbocycles. The van der Waals surface area contributed by atoms with Gasteiger partial charge in [0.25, 0.3) is 5.91 Å². The Kier molecular flexibility index (Phi) is 5.77. The van der Waals surface area contributed by atoms with Gasteiger partial charge < -0.3 is 10.2 Å². The number of halogens is 2. The Morgan fingerprint density at radius 1 is 1.27 bits per heavy atom. The van der Waals surface area contributed by atoms with Crippen LogP contribution in [0.1, 0.15) is 22.0 Å². The molecule has 0 saturated carbocycles. The number of carbonyl (C=O) groups is 1. The number of aromatic nitrogens is 1. The Hall–Kier alpha value is -1.62. The molecule has 2 rings (SSSR count). The average molecular weight is 339 g/mol. The maximum absolute atomic E-state index is 12.2. The van der Waals surface area contributed by atoms with Crippen LogP contribution in [-0.4, -0.2) is 31.5 Å². The van der Waals surface area contributed by atoms with E-state index in [1.807, 2.05) is 18.2 Å². The summed E-state index contributed by atoms with van der Waals surface area (Å²) < 4.78 is 0. The molecule has 1 heterocycles. The Morgan fingerprint density at radius 2 is 1.95 bits per heavy atom. The second kappa shape index (κ2) is 7.58. The molecule has 0 aliphatic heterocycles. The van der Waals surface area contributed by atoms with Crippen molar-refractivity contribution in [1.82, 2.24) is 10.3 Å². The quantitative estimate of drug-likeness (QED) is 0.819. The van der Waals surface area contributed by atoms with Crippen molar-refractivity contribution < 1.29 is 9.69 Å². The normalized spacial score (nSPS) is 12.2. The molecule has 0 aliphatic rings. The Labute approximate surface area is 140 Å². The van der Waals surface area contributed by atoms with Crippen LogP contribution in [0, 0.1) is 0 Å². The van der Waals surface area contributed by atoms with E-state index >= 15 is 0 Å². The van der Waals surface area contributed by atoms with E-state index in [9.17, 15) is 4.79 Å². The van der Waals surface area contributed by atoms with Crippen molar-refractivity contribution >= 4 is 29.1 Å². The van der Waals surface area contributed by atoms with Crippen LogP contribution in [0.3, 0.4) is 0 Å². The first-order valence-corrected chi connectivity index (χ1v) is 7.69. The maximum Gasteiger partial charge on any atom is 0.253 e. The van der Waals surface area contributed by atoms with Crippen LogP contribution >= 0.6 is 23.2 Å². The lowest BCUT2D eigenvalue weighted by Crippen LogP contribution is -3.07. The first-order chi connectivity index (χ1) is 10.5. The second-order valence-electron chi connectivity index (χ2n) is 5.25. The number of benzene rings is 1. The summed E-state index contributed by atoms with van der Waals surface area (Å²) >= 11 is 11.6. The van der Waals surface area contributed by atoms with Gasteiger partial charge in [-0.15, -0.1) is 0 Å². The molecule has 1 atom stereocenters. The number of amides is 1. The zero-order chi connectivity index (χ0) is 16.1. The van der Waals surface area contributed by atoms with Gasteiger partial charge in [0.15, 0.2) is 0 Å². The van der Waals surface area contributed by atoms with Crippen molar-refractivity contribution in [3.63, 3.8) is 0 Å². The van der Waals surface area contributed by atoms with E-state index in [-0.39, 0.29) is 22.1 Å². The fourth-order valence-electron chi connectivity index (χ4n) is 2.18. The predicted molar refractivity (Wildman–Crippen MR) is 88.6 cm³/mol. The van der Waals surface area contributed by atoms with Crippen LogP contribution in [-0.2, 0) is 0 Å². The molecular weight excluding hydrogens is 321 g/mol. The number of rotatable bonds is 5. The molecule has 1 aromatic carbocycles. The minimum absolute atomic E-state index is 0.167. The SMILES string of the molecule is C[NH+](C)[C@@H](CNC(=O)c1cnc(Cl)c(Cl)c1)c1ccccc1. The van der Waals surface area contributed by atoms with Crippen molar-refractivity contribution in [3.8, 4) is 0 Å². The van der Waals surface area contributed by atoms with E-state index in [0.717, 1.165) is 0 Å². The topological polar surface area (TPSA) is 46.4 Å². The minimum Gasteiger partial charge on any atom is -0.346 e. The van der Waals surface area contributed by atoms with Crippen molar-refractivity contribution in [2.45, 2.75) is 6.04 Å². The van der Waals surface area contributed by atoms with Gasteiger partial charge in [0, 0.05) is 11.8 Å². The number of hydrogen-bond donors (Lipinski definition) is 2. The van der Waals surface area contributed by atoms with Gasteiger partial charge >= 0.3 is 0 Å². The molecule has 0 unspecified atom stereocenters. The van der Waals surface area contributed by atoms with E-state index in [0.29, 0.717) is 12.1 Å². The van der Waals surface area contributed by atoms with Gasteiger partial charge in [0.05, 0.1) is 31.2 Å². The maximum atomic E-state index is 12.2. The standard InChI is InChI=1S/C16H17Cl2N3O/c1-21(2)14(11-6-4-3-5-7-11)10-20-16(22)12-8-13(17)15(18)19-9-12/h3-9,14H,10H2,1-2H3,(H,20,22)/p+1/t14-/m0/s1. The molecule has 0 bridgehead atoms. The highest BCUT2D eigenvalue weighted by Gasteiger charge is 2.19. The van der Waals surface area contributed by atoms with Gasteiger partial charge in [-0.3, -0.25) is 4.79 Å². The van der Waals surface area contributed by atoms with Gasteiger partial charge in [-0.05, 0) is 6.07 Å². The summed E-state index contributed by atoms with van der Waals surface area (Å²) in [6.45, 7) is 0.519. The molecule has 0 saturated heterocycles. The van der Waals surface area contributed by atoms with Crippen LogP contribution in [0.5, 0.6) is 0 Å². The van der Waals surface area contributed by atoms with E-state index < -0.39 is 0 Å². The smallest absolute Gasteiger partial charge is 0.253 e. The molecule has 1 amide bonds. The van der Waals surface area contributed by atoms with E-state index in [1.54, 1.807) is 0 Å². The molecule has 0 fully saturated rings. The minimum atomic E-state index is -0.215. The Balaban J connectivity index is 2.06. The van der Waals surface area contributed by atoms with E-state index in [1.165, 1.54) is 22.7 Å². The summed E-state index contributed by atoms with van der Waals surface area (Å²) in [6.07, 6.45) is 1.42. The number of quaternary nitrogens is 1. The van der Waals surface area contributed by atoms with Gasteiger partial charge in [-0.1, -0.05) is 53.5 Å². The van der Waals surface area contributed by atoms with Gasteiger partial charge in [0.1, 0.15) is 11.2 Å². The number of nitrogens with zero attached hydrogens (tertiary/aromatic N) is 1. The summed E-state index contributed by atoms with van der Waals surface area (Å²) in [4.78, 5) is 17.3. The molecule has 2 aromatic rings. The zero-order valence-corrected chi connectivity index (χ0v) is 13.9. The van der Waals surface area contributed by atoms with Gasteiger partial charge in [-0.25, -0.2) is 4.98 Å². The van der Waals surface area contributed by atoms with Crippen LogP contribution in [0.2, 0.25) is 10.2 Å². The first kappa shape index (κ1) is 16.7. The lowest BCUT2D eigenvalue weighted by atomic mass is 10.1. The van der Waals surface area contributed by atoms with Crippen LogP contribution in [0.15, 0.2) is 42.6 Å². The number of hydrogen-bond acceptors (Lipinski definition) is 2.